The van der Waals surface area contributed by atoms with Crippen molar-refractivity contribution in [2.45, 2.75) is 17.9 Å². The number of ether oxygens (including phenoxy) is 3. The first-order valence-corrected chi connectivity index (χ1v) is 11.7. The summed E-state index contributed by atoms with van der Waals surface area (Å²) < 4.78 is 44.0. The number of methoxy groups -OCH3 is 2. The topological polar surface area (TPSA) is 103 Å². The number of rotatable bonds is 9. The molecule has 0 unspecified atom stereocenters. The molecule has 10 heteroatoms. The lowest BCUT2D eigenvalue weighted by Gasteiger charge is -2.15. The van der Waals surface area contributed by atoms with Gasteiger partial charge in [0, 0.05) is 16.8 Å². The van der Waals surface area contributed by atoms with Crippen molar-refractivity contribution >= 4 is 38.9 Å². The molecule has 0 saturated carbocycles. The maximum absolute atomic E-state index is 12.8. The molecule has 0 heterocycles. The lowest BCUT2D eigenvalue weighted by atomic mass is 10.3. The highest BCUT2D eigenvalue weighted by atomic mass is 35.5. The summed E-state index contributed by atoms with van der Waals surface area (Å²) in [6.45, 7) is 1.61. The molecule has 0 aliphatic rings. The van der Waals surface area contributed by atoms with Gasteiger partial charge in [-0.1, -0.05) is 11.6 Å². The molecule has 0 fully saturated rings. The van der Waals surface area contributed by atoms with Crippen LogP contribution < -0.4 is 24.2 Å². The minimum atomic E-state index is -3.89. The van der Waals surface area contributed by atoms with Crippen LogP contribution in [0.2, 0.25) is 5.02 Å². The van der Waals surface area contributed by atoms with Crippen LogP contribution in [0, 0.1) is 0 Å². The van der Waals surface area contributed by atoms with E-state index < -0.39 is 16.1 Å². The first-order valence-electron chi connectivity index (χ1n) is 9.80. The predicted molar refractivity (Wildman–Crippen MR) is 127 cm³/mol. The number of carbonyl (C=O) groups is 1. The van der Waals surface area contributed by atoms with Gasteiger partial charge in [-0.05, 0) is 67.6 Å². The normalized spacial score (nSPS) is 11.9. The Labute approximate surface area is 197 Å². The minimum absolute atomic E-state index is 0.0174. The van der Waals surface area contributed by atoms with Crippen LogP contribution in [0.4, 0.5) is 11.4 Å². The van der Waals surface area contributed by atoms with E-state index in [1.165, 1.54) is 38.5 Å². The van der Waals surface area contributed by atoms with Crippen LogP contribution in [0.15, 0.2) is 71.6 Å². The lowest BCUT2D eigenvalue weighted by Crippen LogP contribution is -2.30. The van der Waals surface area contributed by atoms with E-state index >= 15 is 0 Å². The van der Waals surface area contributed by atoms with Crippen molar-refractivity contribution in [1.29, 1.82) is 0 Å². The molecule has 0 aromatic heterocycles. The highest BCUT2D eigenvalue weighted by Crippen LogP contribution is 2.31. The SMILES string of the molecule is COc1ccc(NS(=O)(=O)c2ccc(NC(=O)[C@H](C)Oc3ccc(Cl)cc3)cc2)c(OC)c1. The Kier molecular flexibility index (Phi) is 7.67. The van der Waals surface area contributed by atoms with Gasteiger partial charge in [0.05, 0.1) is 24.8 Å². The molecule has 0 bridgehead atoms. The van der Waals surface area contributed by atoms with Crippen molar-refractivity contribution in [3.05, 3.63) is 71.8 Å². The molecule has 3 aromatic rings. The third-order valence-corrected chi connectivity index (χ3v) is 6.21. The van der Waals surface area contributed by atoms with Gasteiger partial charge in [-0.2, -0.15) is 0 Å². The molecule has 1 atom stereocenters. The highest BCUT2D eigenvalue weighted by Gasteiger charge is 2.19. The van der Waals surface area contributed by atoms with Gasteiger partial charge in [0.2, 0.25) is 0 Å². The van der Waals surface area contributed by atoms with Crippen LogP contribution in [0.1, 0.15) is 6.92 Å². The highest BCUT2D eigenvalue weighted by molar-refractivity contribution is 7.92. The quantitative estimate of drug-likeness (QED) is 0.455. The predicted octanol–water partition coefficient (Wildman–Crippen LogP) is 4.56. The van der Waals surface area contributed by atoms with Crippen LogP contribution in [-0.4, -0.2) is 34.6 Å². The van der Waals surface area contributed by atoms with Crippen LogP contribution in [-0.2, 0) is 14.8 Å². The Morgan fingerprint density at radius 1 is 0.909 bits per heavy atom. The minimum Gasteiger partial charge on any atom is -0.497 e. The summed E-state index contributed by atoms with van der Waals surface area (Å²) in [6.07, 6.45) is -0.779. The monoisotopic (exact) mass is 490 g/mol. The van der Waals surface area contributed by atoms with Gasteiger partial charge in [0.25, 0.3) is 15.9 Å². The zero-order valence-electron chi connectivity index (χ0n) is 18.2. The summed E-state index contributed by atoms with van der Waals surface area (Å²) in [5.74, 6) is 0.964. The zero-order valence-corrected chi connectivity index (χ0v) is 19.7. The molecular formula is C23H23ClN2O6S. The van der Waals surface area contributed by atoms with E-state index in [4.69, 9.17) is 25.8 Å². The maximum atomic E-state index is 12.8. The van der Waals surface area contributed by atoms with Crippen LogP contribution in [0.25, 0.3) is 0 Å². The molecule has 33 heavy (non-hydrogen) atoms. The molecule has 0 spiro atoms. The van der Waals surface area contributed by atoms with Crippen molar-refractivity contribution < 1.29 is 27.4 Å². The standard InChI is InChI=1S/C23H23ClN2O6S/c1-15(32-18-8-4-16(24)5-9-18)23(27)25-17-6-11-20(12-7-17)33(28,29)26-21-13-10-19(30-2)14-22(21)31-3/h4-15,26H,1-3H3,(H,25,27)/t15-/m0/s1. The van der Waals surface area contributed by atoms with E-state index in [1.807, 2.05) is 0 Å². The summed E-state index contributed by atoms with van der Waals surface area (Å²) in [7, 11) is -0.955. The fourth-order valence-corrected chi connectivity index (χ4v) is 4.02. The second kappa shape index (κ2) is 10.5. The van der Waals surface area contributed by atoms with Crippen molar-refractivity contribution in [3.8, 4) is 17.2 Å². The molecular weight excluding hydrogens is 468 g/mol. The Morgan fingerprint density at radius 3 is 2.15 bits per heavy atom. The van der Waals surface area contributed by atoms with Crippen LogP contribution >= 0.6 is 11.6 Å². The Morgan fingerprint density at radius 2 is 1.55 bits per heavy atom. The van der Waals surface area contributed by atoms with Crippen LogP contribution in [0.3, 0.4) is 0 Å². The van der Waals surface area contributed by atoms with Crippen molar-refractivity contribution in [3.63, 3.8) is 0 Å². The van der Waals surface area contributed by atoms with E-state index in [0.717, 1.165) is 0 Å². The molecule has 8 nitrogen and oxygen atoms in total. The molecule has 174 valence electrons. The van der Waals surface area contributed by atoms with Gasteiger partial charge in [-0.3, -0.25) is 9.52 Å². The largest absolute Gasteiger partial charge is 0.497 e. The molecule has 0 aliphatic heterocycles. The van der Waals surface area contributed by atoms with E-state index in [2.05, 4.69) is 10.0 Å². The molecule has 0 aliphatic carbocycles. The van der Waals surface area contributed by atoms with Crippen LogP contribution in [0.5, 0.6) is 17.2 Å². The van der Waals surface area contributed by atoms with Gasteiger partial charge in [-0.15, -0.1) is 0 Å². The molecule has 3 rings (SSSR count). The zero-order chi connectivity index (χ0) is 24.0. The van der Waals surface area contributed by atoms with E-state index in [0.29, 0.717) is 28.0 Å². The second-order valence-electron chi connectivity index (χ2n) is 6.90. The Hall–Kier alpha value is -3.43. The molecule has 1 amide bonds. The average molecular weight is 491 g/mol. The van der Waals surface area contributed by atoms with E-state index in [1.54, 1.807) is 49.4 Å². The second-order valence-corrected chi connectivity index (χ2v) is 9.02. The van der Waals surface area contributed by atoms with Gasteiger partial charge in [0.15, 0.2) is 6.10 Å². The number of halogens is 1. The molecule has 3 aromatic carbocycles. The molecule has 0 radical (unpaired) electrons. The number of hydrogen-bond acceptors (Lipinski definition) is 6. The van der Waals surface area contributed by atoms with Crippen molar-refractivity contribution in [2.24, 2.45) is 0 Å². The third kappa shape index (κ3) is 6.30. The number of nitrogens with one attached hydrogen (secondary N) is 2. The Bertz CT molecular complexity index is 1210. The maximum Gasteiger partial charge on any atom is 0.265 e. The van der Waals surface area contributed by atoms with Gasteiger partial charge in [-0.25, -0.2) is 8.42 Å². The number of carbonyl (C=O) groups excluding carboxylic acids is 1. The van der Waals surface area contributed by atoms with E-state index in [9.17, 15) is 13.2 Å². The number of sulfonamides is 1. The number of anilines is 2. The summed E-state index contributed by atoms with van der Waals surface area (Å²) in [5.41, 5.74) is 0.691. The summed E-state index contributed by atoms with van der Waals surface area (Å²) in [5, 5.41) is 3.26. The van der Waals surface area contributed by atoms with Crippen molar-refractivity contribution in [2.75, 3.05) is 24.3 Å². The summed E-state index contributed by atoms with van der Waals surface area (Å²) in [4.78, 5) is 12.4. The molecule has 2 N–H and O–H groups in total. The average Bonchev–Trinajstić information content (AvgIpc) is 2.81. The smallest absolute Gasteiger partial charge is 0.265 e. The number of hydrogen-bond donors (Lipinski definition) is 2. The first-order chi connectivity index (χ1) is 15.7. The summed E-state index contributed by atoms with van der Waals surface area (Å²) >= 11 is 5.84. The Balaban J connectivity index is 1.66. The van der Waals surface area contributed by atoms with Gasteiger partial charge in [0.1, 0.15) is 17.2 Å². The summed E-state index contributed by atoms with van der Waals surface area (Å²) in [6, 6.07) is 17.2. The number of amides is 1. The van der Waals surface area contributed by atoms with Crippen molar-refractivity contribution in [1.82, 2.24) is 0 Å². The number of benzene rings is 3. The first kappa shape index (κ1) is 24.2. The van der Waals surface area contributed by atoms with E-state index in [-0.39, 0.29) is 16.5 Å². The van der Waals surface area contributed by atoms with Gasteiger partial charge < -0.3 is 19.5 Å². The fraction of sp³-hybridized carbons (Fsp3) is 0.174. The third-order valence-electron chi connectivity index (χ3n) is 4.58. The molecule has 0 saturated heterocycles. The lowest BCUT2D eigenvalue weighted by molar-refractivity contribution is -0.122. The van der Waals surface area contributed by atoms with Gasteiger partial charge >= 0.3 is 0 Å². The fourth-order valence-electron chi connectivity index (χ4n) is 2.82.